The van der Waals surface area contributed by atoms with Gasteiger partial charge in [0.1, 0.15) is 0 Å². The predicted molar refractivity (Wildman–Crippen MR) is 74.9 cm³/mol. The molecule has 0 spiro atoms. The fourth-order valence-corrected chi connectivity index (χ4v) is 2.19. The summed E-state index contributed by atoms with van der Waals surface area (Å²) in [5.41, 5.74) is 4.48. The molecule has 1 nitrogen and oxygen atoms in total. The van der Waals surface area contributed by atoms with Gasteiger partial charge in [0, 0.05) is 11.1 Å². The highest BCUT2D eigenvalue weighted by molar-refractivity contribution is 6.36. The number of pyridine rings is 1. The van der Waals surface area contributed by atoms with Crippen molar-refractivity contribution in [1.82, 2.24) is 4.98 Å². The van der Waals surface area contributed by atoms with E-state index < -0.39 is 0 Å². The van der Waals surface area contributed by atoms with Gasteiger partial charge in [0.15, 0.2) is 0 Å². The first-order valence-corrected chi connectivity index (χ1v) is 6.25. The van der Waals surface area contributed by atoms with E-state index in [0.717, 1.165) is 27.2 Å². The summed E-state index contributed by atoms with van der Waals surface area (Å²) in [5.74, 6) is 0. The van der Waals surface area contributed by atoms with Crippen molar-refractivity contribution in [1.29, 1.82) is 0 Å². The van der Waals surface area contributed by atoms with E-state index in [1.54, 1.807) is 0 Å². The highest BCUT2D eigenvalue weighted by Crippen LogP contribution is 2.31. The molecule has 0 radical (unpaired) electrons. The molecule has 0 bridgehead atoms. The second-order valence-corrected chi connectivity index (χ2v) is 6.00. The average molecular weight is 248 g/mol. The first-order chi connectivity index (χ1) is 7.80. The van der Waals surface area contributed by atoms with Crippen LogP contribution in [-0.4, -0.2) is 4.98 Å². The zero-order chi connectivity index (χ0) is 12.8. The Hall–Kier alpha value is -1.08. The number of aryl methyl sites for hydroxylation is 1. The van der Waals surface area contributed by atoms with Crippen molar-refractivity contribution in [3.8, 4) is 0 Å². The van der Waals surface area contributed by atoms with Crippen LogP contribution in [0.4, 0.5) is 0 Å². The van der Waals surface area contributed by atoms with Crippen LogP contribution >= 0.6 is 11.6 Å². The fourth-order valence-electron chi connectivity index (χ4n) is 1.90. The van der Waals surface area contributed by atoms with Gasteiger partial charge in [0.2, 0.25) is 0 Å². The van der Waals surface area contributed by atoms with Crippen molar-refractivity contribution in [2.24, 2.45) is 0 Å². The molecule has 1 heterocycles. The van der Waals surface area contributed by atoms with E-state index in [0.29, 0.717) is 0 Å². The molecule has 0 saturated carbocycles. The molecule has 0 amide bonds. The van der Waals surface area contributed by atoms with Gasteiger partial charge < -0.3 is 0 Å². The monoisotopic (exact) mass is 247 g/mol. The maximum atomic E-state index is 6.41. The summed E-state index contributed by atoms with van der Waals surface area (Å²) in [7, 11) is 0. The van der Waals surface area contributed by atoms with Crippen LogP contribution in [0, 0.1) is 13.8 Å². The molecule has 0 N–H and O–H groups in total. The Bertz CT molecular complexity index is 579. The lowest BCUT2D eigenvalue weighted by Crippen LogP contribution is -2.10. The van der Waals surface area contributed by atoms with Crippen molar-refractivity contribution >= 4 is 22.5 Å². The van der Waals surface area contributed by atoms with Gasteiger partial charge in [-0.05, 0) is 42.5 Å². The van der Waals surface area contributed by atoms with Gasteiger partial charge in [-0.1, -0.05) is 38.4 Å². The summed E-state index contributed by atoms with van der Waals surface area (Å²) in [5, 5.41) is 1.89. The smallest absolute Gasteiger partial charge is 0.0720 e. The Morgan fingerprint density at radius 2 is 1.76 bits per heavy atom. The summed E-state index contributed by atoms with van der Waals surface area (Å²) < 4.78 is 0. The minimum atomic E-state index is 0.135. The van der Waals surface area contributed by atoms with E-state index in [1.165, 1.54) is 5.56 Å². The quantitative estimate of drug-likeness (QED) is 0.652. The van der Waals surface area contributed by atoms with Crippen molar-refractivity contribution < 1.29 is 0 Å². The van der Waals surface area contributed by atoms with Crippen LogP contribution < -0.4 is 0 Å². The third-order valence-electron chi connectivity index (χ3n) is 3.26. The van der Waals surface area contributed by atoms with E-state index in [-0.39, 0.29) is 5.41 Å². The number of halogens is 1. The number of hydrogen-bond donors (Lipinski definition) is 0. The Morgan fingerprint density at radius 3 is 2.35 bits per heavy atom. The lowest BCUT2D eigenvalue weighted by molar-refractivity contribution is 0.591. The van der Waals surface area contributed by atoms with Crippen LogP contribution in [0.25, 0.3) is 10.9 Å². The van der Waals surface area contributed by atoms with E-state index in [1.807, 2.05) is 13.8 Å². The molecule has 90 valence electrons. The summed E-state index contributed by atoms with van der Waals surface area (Å²) in [6, 6.07) is 6.37. The van der Waals surface area contributed by atoms with Gasteiger partial charge in [-0.3, -0.25) is 4.98 Å². The lowest BCUT2D eigenvalue weighted by Gasteiger charge is -2.20. The molecule has 0 aliphatic heterocycles. The van der Waals surface area contributed by atoms with Crippen molar-refractivity contribution in [3.63, 3.8) is 0 Å². The highest BCUT2D eigenvalue weighted by atomic mass is 35.5. The number of aromatic nitrogens is 1. The third kappa shape index (κ3) is 2.16. The molecular weight excluding hydrogens is 230 g/mol. The largest absolute Gasteiger partial charge is 0.253 e. The van der Waals surface area contributed by atoms with Crippen molar-refractivity contribution in [2.75, 3.05) is 0 Å². The fraction of sp³-hybridized carbons (Fsp3) is 0.400. The molecule has 1 aromatic carbocycles. The van der Waals surface area contributed by atoms with Gasteiger partial charge in [-0.15, -0.1) is 0 Å². The topological polar surface area (TPSA) is 12.9 Å². The molecule has 2 heteroatoms. The molecule has 0 atom stereocenters. The van der Waals surface area contributed by atoms with Gasteiger partial charge >= 0.3 is 0 Å². The second kappa shape index (κ2) is 3.99. The van der Waals surface area contributed by atoms with Crippen LogP contribution in [0.5, 0.6) is 0 Å². The van der Waals surface area contributed by atoms with E-state index in [9.17, 15) is 0 Å². The summed E-state index contributed by atoms with van der Waals surface area (Å²) in [6.07, 6.45) is 0. The lowest BCUT2D eigenvalue weighted by atomic mass is 9.86. The molecule has 0 aliphatic carbocycles. The Morgan fingerprint density at radius 1 is 1.12 bits per heavy atom. The third-order valence-corrected chi connectivity index (χ3v) is 3.75. The van der Waals surface area contributed by atoms with E-state index in [4.69, 9.17) is 11.6 Å². The SMILES string of the molecule is Cc1nc2ccc(C(C)(C)C)cc2c(Cl)c1C. The van der Waals surface area contributed by atoms with E-state index >= 15 is 0 Å². The van der Waals surface area contributed by atoms with Gasteiger partial charge in [0.05, 0.1) is 10.5 Å². The predicted octanol–water partition coefficient (Wildman–Crippen LogP) is 4.80. The summed E-state index contributed by atoms with van der Waals surface area (Å²) in [6.45, 7) is 10.6. The molecule has 17 heavy (non-hydrogen) atoms. The second-order valence-electron chi connectivity index (χ2n) is 5.62. The Kier molecular flexibility index (Phi) is 2.90. The number of rotatable bonds is 0. The zero-order valence-electron chi connectivity index (χ0n) is 11.1. The molecule has 0 saturated heterocycles. The van der Waals surface area contributed by atoms with Crippen LogP contribution in [0.3, 0.4) is 0 Å². The van der Waals surface area contributed by atoms with Crippen LogP contribution in [0.1, 0.15) is 37.6 Å². The molecular formula is C15H18ClN. The first kappa shape index (κ1) is 12.4. The number of fused-ring (bicyclic) bond motifs is 1. The standard InChI is InChI=1S/C15H18ClN/c1-9-10(2)17-13-7-6-11(15(3,4)5)8-12(13)14(9)16/h6-8H,1-5H3. The molecule has 2 aromatic rings. The Balaban J connectivity index is 2.78. The van der Waals surface area contributed by atoms with Crippen LogP contribution in [0.2, 0.25) is 5.02 Å². The first-order valence-electron chi connectivity index (χ1n) is 5.87. The molecule has 1 aromatic heterocycles. The van der Waals surface area contributed by atoms with Gasteiger partial charge in [-0.2, -0.15) is 0 Å². The maximum absolute atomic E-state index is 6.41. The minimum Gasteiger partial charge on any atom is -0.253 e. The highest BCUT2D eigenvalue weighted by Gasteiger charge is 2.15. The van der Waals surface area contributed by atoms with Crippen molar-refractivity contribution in [3.05, 3.63) is 40.0 Å². The molecule has 0 fully saturated rings. The Labute approximate surface area is 108 Å². The molecule has 0 unspecified atom stereocenters. The number of benzene rings is 1. The number of hydrogen-bond acceptors (Lipinski definition) is 1. The van der Waals surface area contributed by atoms with Gasteiger partial charge in [-0.25, -0.2) is 0 Å². The van der Waals surface area contributed by atoms with Crippen LogP contribution in [0.15, 0.2) is 18.2 Å². The minimum absolute atomic E-state index is 0.135. The van der Waals surface area contributed by atoms with Crippen LogP contribution in [-0.2, 0) is 5.41 Å². The van der Waals surface area contributed by atoms with E-state index in [2.05, 4.69) is 44.0 Å². The number of nitrogens with zero attached hydrogens (tertiary/aromatic N) is 1. The summed E-state index contributed by atoms with van der Waals surface area (Å²) >= 11 is 6.41. The normalized spacial score (nSPS) is 12.1. The van der Waals surface area contributed by atoms with Gasteiger partial charge in [0.25, 0.3) is 0 Å². The average Bonchev–Trinajstić information content (AvgIpc) is 2.24. The molecule has 2 rings (SSSR count). The maximum Gasteiger partial charge on any atom is 0.0720 e. The van der Waals surface area contributed by atoms with Crippen molar-refractivity contribution in [2.45, 2.75) is 40.0 Å². The molecule has 0 aliphatic rings. The summed E-state index contributed by atoms with van der Waals surface area (Å²) in [4.78, 5) is 4.57. The zero-order valence-corrected chi connectivity index (χ0v) is 11.8.